The van der Waals surface area contributed by atoms with Gasteiger partial charge < -0.3 is 19.9 Å². The SMILES string of the molecule is CCOC(=O)N[C@@H](Cc1ccccc1)C(=O)N/N=C\c1cccc(OCC(=O)O)c1. The molecule has 0 aliphatic heterocycles. The second-order valence-corrected chi connectivity index (χ2v) is 6.10. The van der Waals surface area contributed by atoms with Crippen molar-refractivity contribution in [1.29, 1.82) is 0 Å². The van der Waals surface area contributed by atoms with Gasteiger partial charge in [0.15, 0.2) is 6.61 Å². The molecule has 0 unspecified atom stereocenters. The van der Waals surface area contributed by atoms with E-state index in [0.29, 0.717) is 11.3 Å². The van der Waals surface area contributed by atoms with Crippen LogP contribution in [0.15, 0.2) is 59.7 Å². The van der Waals surface area contributed by atoms with Gasteiger partial charge in [-0.1, -0.05) is 42.5 Å². The fraction of sp³-hybridized carbons (Fsp3) is 0.238. The number of carboxylic acid groups (broad SMARTS) is 1. The number of hydrogen-bond donors (Lipinski definition) is 3. The van der Waals surface area contributed by atoms with Crippen LogP contribution in [-0.4, -0.2) is 48.5 Å². The van der Waals surface area contributed by atoms with Crippen LogP contribution in [0, 0.1) is 0 Å². The quantitative estimate of drug-likeness (QED) is 0.404. The maximum Gasteiger partial charge on any atom is 0.407 e. The summed E-state index contributed by atoms with van der Waals surface area (Å²) in [5.74, 6) is -1.24. The number of carbonyl (C=O) groups is 3. The predicted molar refractivity (Wildman–Crippen MR) is 109 cm³/mol. The summed E-state index contributed by atoms with van der Waals surface area (Å²) < 4.78 is 9.96. The van der Waals surface area contributed by atoms with Crippen molar-refractivity contribution < 1.29 is 29.0 Å². The maximum absolute atomic E-state index is 12.5. The summed E-state index contributed by atoms with van der Waals surface area (Å²) in [6.45, 7) is 1.40. The largest absolute Gasteiger partial charge is 0.482 e. The Morgan fingerprint density at radius 1 is 1.13 bits per heavy atom. The number of carbonyl (C=O) groups excluding carboxylic acids is 2. The average Bonchev–Trinajstić information content (AvgIpc) is 2.73. The summed E-state index contributed by atoms with van der Waals surface area (Å²) in [5.41, 5.74) is 3.85. The van der Waals surface area contributed by atoms with Crippen LogP contribution in [0.5, 0.6) is 5.75 Å². The van der Waals surface area contributed by atoms with E-state index in [2.05, 4.69) is 15.8 Å². The van der Waals surface area contributed by atoms with E-state index in [1.807, 2.05) is 30.3 Å². The van der Waals surface area contributed by atoms with Crippen molar-refractivity contribution in [3.05, 3.63) is 65.7 Å². The second kappa shape index (κ2) is 11.8. The van der Waals surface area contributed by atoms with Crippen molar-refractivity contribution in [2.45, 2.75) is 19.4 Å². The molecule has 0 aliphatic carbocycles. The highest BCUT2D eigenvalue weighted by atomic mass is 16.5. The summed E-state index contributed by atoms with van der Waals surface area (Å²) in [4.78, 5) is 34.9. The molecular weight excluding hydrogens is 390 g/mol. The minimum atomic E-state index is -1.08. The molecule has 3 N–H and O–H groups in total. The van der Waals surface area contributed by atoms with Gasteiger partial charge in [-0.05, 0) is 30.2 Å². The van der Waals surface area contributed by atoms with E-state index >= 15 is 0 Å². The summed E-state index contributed by atoms with van der Waals surface area (Å²) >= 11 is 0. The standard InChI is InChI=1S/C21H23N3O6/c1-2-29-21(28)23-18(12-15-7-4-3-5-8-15)20(27)24-22-13-16-9-6-10-17(11-16)30-14-19(25)26/h3-11,13,18H,2,12,14H2,1H3,(H,23,28)(H,24,27)(H,25,26)/b22-13-/t18-/m0/s1. The van der Waals surface area contributed by atoms with Crippen LogP contribution in [0.25, 0.3) is 0 Å². The van der Waals surface area contributed by atoms with E-state index < -0.39 is 30.6 Å². The lowest BCUT2D eigenvalue weighted by molar-refractivity contribution is -0.139. The average molecular weight is 413 g/mol. The molecule has 2 aromatic carbocycles. The first-order valence-corrected chi connectivity index (χ1v) is 9.22. The van der Waals surface area contributed by atoms with Crippen molar-refractivity contribution in [2.75, 3.05) is 13.2 Å². The van der Waals surface area contributed by atoms with Crippen molar-refractivity contribution in [3.63, 3.8) is 0 Å². The number of rotatable bonds is 10. The monoisotopic (exact) mass is 413 g/mol. The first-order chi connectivity index (χ1) is 14.5. The van der Waals surface area contributed by atoms with Crippen molar-refractivity contribution in [3.8, 4) is 5.75 Å². The Morgan fingerprint density at radius 3 is 2.60 bits per heavy atom. The van der Waals surface area contributed by atoms with Crippen molar-refractivity contribution in [1.82, 2.24) is 10.7 Å². The predicted octanol–water partition coefficient (Wildman–Crippen LogP) is 1.96. The highest BCUT2D eigenvalue weighted by Gasteiger charge is 2.21. The normalized spacial score (nSPS) is 11.5. The minimum Gasteiger partial charge on any atom is -0.482 e. The molecule has 2 aromatic rings. The van der Waals surface area contributed by atoms with Crippen LogP contribution < -0.4 is 15.5 Å². The molecule has 0 radical (unpaired) electrons. The molecule has 158 valence electrons. The fourth-order valence-corrected chi connectivity index (χ4v) is 2.45. The number of nitrogens with one attached hydrogen (secondary N) is 2. The lowest BCUT2D eigenvalue weighted by atomic mass is 10.1. The number of amides is 2. The third-order valence-corrected chi connectivity index (χ3v) is 3.78. The number of hydrazone groups is 1. The molecule has 0 fully saturated rings. The number of benzene rings is 2. The molecule has 9 nitrogen and oxygen atoms in total. The zero-order chi connectivity index (χ0) is 21.8. The minimum absolute atomic E-state index is 0.184. The van der Waals surface area contributed by atoms with E-state index in [0.717, 1.165) is 5.56 Å². The van der Waals surface area contributed by atoms with Crippen molar-refractivity contribution in [2.24, 2.45) is 5.10 Å². The van der Waals surface area contributed by atoms with Crippen LogP contribution in [0.2, 0.25) is 0 Å². The van der Waals surface area contributed by atoms with Gasteiger partial charge in [0.2, 0.25) is 0 Å². The maximum atomic E-state index is 12.5. The zero-order valence-corrected chi connectivity index (χ0v) is 16.4. The Morgan fingerprint density at radius 2 is 1.90 bits per heavy atom. The topological polar surface area (TPSA) is 126 Å². The van der Waals surface area contributed by atoms with Gasteiger partial charge in [-0.15, -0.1) is 0 Å². The van der Waals surface area contributed by atoms with Crippen LogP contribution in [0.3, 0.4) is 0 Å². The first-order valence-electron chi connectivity index (χ1n) is 9.22. The summed E-state index contributed by atoms with van der Waals surface area (Å²) in [6.07, 6.45) is 0.954. The molecule has 0 bridgehead atoms. The Hall–Kier alpha value is -3.88. The third-order valence-electron chi connectivity index (χ3n) is 3.78. The molecule has 9 heteroatoms. The molecule has 0 aliphatic rings. The number of ether oxygens (including phenoxy) is 2. The van der Waals surface area contributed by atoms with E-state index in [-0.39, 0.29) is 13.0 Å². The van der Waals surface area contributed by atoms with Gasteiger partial charge in [0.1, 0.15) is 11.8 Å². The molecule has 1 atom stereocenters. The summed E-state index contributed by atoms with van der Waals surface area (Å²) in [6, 6.07) is 14.9. The highest BCUT2D eigenvalue weighted by Crippen LogP contribution is 2.11. The van der Waals surface area contributed by atoms with Gasteiger partial charge in [0.25, 0.3) is 5.91 Å². The molecule has 0 saturated carbocycles. The van der Waals surface area contributed by atoms with Gasteiger partial charge in [0.05, 0.1) is 12.8 Å². The smallest absolute Gasteiger partial charge is 0.407 e. The second-order valence-electron chi connectivity index (χ2n) is 6.10. The Bertz CT molecular complexity index is 885. The molecule has 0 spiro atoms. The zero-order valence-electron chi connectivity index (χ0n) is 16.4. The number of aliphatic carboxylic acids is 1. The lowest BCUT2D eigenvalue weighted by Crippen LogP contribution is -2.47. The Balaban J connectivity index is 2.00. The molecule has 0 saturated heterocycles. The van der Waals surface area contributed by atoms with E-state index in [9.17, 15) is 14.4 Å². The first kappa shape index (κ1) is 22.4. The molecule has 30 heavy (non-hydrogen) atoms. The number of alkyl carbamates (subject to hydrolysis) is 1. The van der Waals surface area contributed by atoms with Crippen LogP contribution in [-0.2, 0) is 20.7 Å². The molecule has 2 amide bonds. The molecule has 0 heterocycles. The van der Waals surface area contributed by atoms with Gasteiger partial charge in [0, 0.05) is 6.42 Å². The number of hydrogen-bond acceptors (Lipinski definition) is 6. The summed E-state index contributed by atoms with van der Waals surface area (Å²) in [7, 11) is 0. The summed E-state index contributed by atoms with van der Waals surface area (Å²) in [5, 5.41) is 15.1. The lowest BCUT2D eigenvalue weighted by Gasteiger charge is -2.16. The molecular formula is C21H23N3O6. The Kier molecular flexibility index (Phi) is 8.85. The highest BCUT2D eigenvalue weighted by molar-refractivity contribution is 5.87. The molecule has 0 aromatic heterocycles. The van der Waals surface area contributed by atoms with E-state index in [1.165, 1.54) is 6.21 Å². The van der Waals surface area contributed by atoms with Gasteiger partial charge in [-0.3, -0.25) is 4.79 Å². The third kappa shape index (κ3) is 8.01. The fourth-order valence-electron chi connectivity index (χ4n) is 2.45. The molecule has 2 rings (SSSR count). The van der Waals surface area contributed by atoms with Crippen LogP contribution in [0.4, 0.5) is 4.79 Å². The van der Waals surface area contributed by atoms with Gasteiger partial charge in [-0.25, -0.2) is 15.0 Å². The Labute approximate surface area is 173 Å². The van der Waals surface area contributed by atoms with Crippen LogP contribution >= 0.6 is 0 Å². The van der Waals surface area contributed by atoms with E-state index in [1.54, 1.807) is 31.2 Å². The van der Waals surface area contributed by atoms with Crippen molar-refractivity contribution >= 4 is 24.2 Å². The van der Waals surface area contributed by atoms with Gasteiger partial charge in [-0.2, -0.15) is 5.10 Å². The van der Waals surface area contributed by atoms with Gasteiger partial charge >= 0.3 is 12.1 Å². The number of nitrogens with zero attached hydrogens (tertiary/aromatic N) is 1. The number of carboxylic acids is 1. The van der Waals surface area contributed by atoms with E-state index in [4.69, 9.17) is 14.6 Å². The van der Waals surface area contributed by atoms with Crippen LogP contribution in [0.1, 0.15) is 18.1 Å².